The van der Waals surface area contributed by atoms with Crippen LogP contribution in [-0.4, -0.2) is 43.6 Å². The second-order valence-corrected chi connectivity index (χ2v) is 6.56. The summed E-state index contributed by atoms with van der Waals surface area (Å²) in [5, 5.41) is 3.46. The SMILES string of the molecule is CCc1ccccc1OCC(=O)N1CCC2(CCNC2)CC1. The van der Waals surface area contributed by atoms with Crippen LogP contribution in [0.1, 0.15) is 31.7 Å². The van der Waals surface area contributed by atoms with E-state index in [-0.39, 0.29) is 12.5 Å². The molecule has 1 aromatic carbocycles. The van der Waals surface area contributed by atoms with Crippen LogP contribution in [0.5, 0.6) is 5.75 Å². The Bertz CT molecular complexity index is 514. The van der Waals surface area contributed by atoms with E-state index in [1.807, 2.05) is 23.1 Å². The number of hydrogen-bond donors (Lipinski definition) is 1. The van der Waals surface area contributed by atoms with Gasteiger partial charge in [0.15, 0.2) is 6.61 Å². The third-order valence-electron chi connectivity index (χ3n) is 5.21. The summed E-state index contributed by atoms with van der Waals surface area (Å²) < 4.78 is 5.76. The molecular weight excluding hydrogens is 276 g/mol. The molecule has 0 bridgehead atoms. The lowest BCUT2D eigenvalue weighted by Crippen LogP contribution is -2.45. The van der Waals surface area contributed by atoms with Gasteiger partial charge in [0.25, 0.3) is 5.91 Å². The smallest absolute Gasteiger partial charge is 0.260 e. The van der Waals surface area contributed by atoms with Crippen molar-refractivity contribution in [2.24, 2.45) is 5.41 Å². The summed E-state index contributed by atoms with van der Waals surface area (Å²) in [6.07, 6.45) is 4.42. The van der Waals surface area contributed by atoms with Gasteiger partial charge < -0.3 is 15.0 Å². The number of piperidine rings is 1. The largest absolute Gasteiger partial charge is 0.483 e. The highest BCUT2D eigenvalue weighted by Gasteiger charge is 2.37. The number of rotatable bonds is 4. The van der Waals surface area contributed by atoms with Crippen molar-refractivity contribution in [3.8, 4) is 5.75 Å². The molecule has 0 saturated carbocycles. The number of nitrogens with zero attached hydrogens (tertiary/aromatic N) is 1. The van der Waals surface area contributed by atoms with Crippen molar-refractivity contribution in [1.29, 1.82) is 0 Å². The summed E-state index contributed by atoms with van der Waals surface area (Å²) in [5.41, 5.74) is 1.61. The Morgan fingerprint density at radius 1 is 1.27 bits per heavy atom. The van der Waals surface area contributed by atoms with Crippen molar-refractivity contribution in [1.82, 2.24) is 10.2 Å². The lowest BCUT2D eigenvalue weighted by Gasteiger charge is -2.38. The number of carbonyl (C=O) groups is 1. The number of benzene rings is 1. The van der Waals surface area contributed by atoms with Gasteiger partial charge in [0.05, 0.1) is 0 Å². The first-order valence-electron chi connectivity index (χ1n) is 8.42. The molecule has 1 aromatic rings. The van der Waals surface area contributed by atoms with Crippen molar-refractivity contribution in [2.45, 2.75) is 32.6 Å². The van der Waals surface area contributed by atoms with E-state index in [0.29, 0.717) is 5.41 Å². The zero-order valence-corrected chi connectivity index (χ0v) is 13.4. The molecule has 1 amide bonds. The van der Waals surface area contributed by atoms with Crippen molar-refractivity contribution in [2.75, 3.05) is 32.8 Å². The van der Waals surface area contributed by atoms with Crippen LogP contribution in [0.15, 0.2) is 24.3 Å². The molecular formula is C18H26N2O2. The zero-order chi connectivity index (χ0) is 15.4. The topological polar surface area (TPSA) is 41.6 Å². The molecule has 4 nitrogen and oxygen atoms in total. The minimum Gasteiger partial charge on any atom is -0.483 e. The number of ether oxygens (including phenoxy) is 1. The van der Waals surface area contributed by atoms with E-state index in [2.05, 4.69) is 18.3 Å². The minimum atomic E-state index is 0.117. The summed E-state index contributed by atoms with van der Waals surface area (Å²) in [4.78, 5) is 14.3. The van der Waals surface area contributed by atoms with Gasteiger partial charge in [-0.25, -0.2) is 0 Å². The van der Waals surface area contributed by atoms with Gasteiger partial charge in [-0.1, -0.05) is 25.1 Å². The molecule has 1 N–H and O–H groups in total. The van der Waals surface area contributed by atoms with E-state index in [0.717, 1.165) is 56.8 Å². The molecule has 2 aliphatic heterocycles. The Hall–Kier alpha value is -1.55. The lowest BCUT2D eigenvalue weighted by molar-refractivity contribution is -0.135. The summed E-state index contributed by atoms with van der Waals surface area (Å²) in [5.74, 6) is 0.957. The van der Waals surface area contributed by atoms with Gasteiger partial charge in [0, 0.05) is 19.6 Å². The summed E-state index contributed by atoms with van der Waals surface area (Å²) in [6, 6.07) is 7.96. The molecule has 3 rings (SSSR count). The van der Waals surface area contributed by atoms with Crippen molar-refractivity contribution in [3.05, 3.63) is 29.8 Å². The Morgan fingerprint density at radius 2 is 2.05 bits per heavy atom. The van der Waals surface area contributed by atoms with Gasteiger partial charge in [0.2, 0.25) is 0 Å². The van der Waals surface area contributed by atoms with Gasteiger partial charge in [-0.3, -0.25) is 4.79 Å². The number of nitrogens with one attached hydrogen (secondary N) is 1. The number of para-hydroxylation sites is 1. The van der Waals surface area contributed by atoms with E-state index in [9.17, 15) is 4.79 Å². The average molecular weight is 302 g/mol. The monoisotopic (exact) mass is 302 g/mol. The molecule has 2 fully saturated rings. The van der Waals surface area contributed by atoms with Crippen LogP contribution in [0.3, 0.4) is 0 Å². The minimum absolute atomic E-state index is 0.117. The maximum atomic E-state index is 12.4. The van der Waals surface area contributed by atoms with Gasteiger partial charge in [0.1, 0.15) is 5.75 Å². The van der Waals surface area contributed by atoms with Gasteiger partial charge in [-0.2, -0.15) is 0 Å². The average Bonchev–Trinajstić information content (AvgIpc) is 3.01. The number of hydrogen-bond acceptors (Lipinski definition) is 3. The lowest BCUT2D eigenvalue weighted by atomic mass is 9.78. The Morgan fingerprint density at radius 3 is 2.73 bits per heavy atom. The van der Waals surface area contributed by atoms with Crippen LogP contribution in [-0.2, 0) is 11.2 Å². The quantitative estimate of drug-likeness (QED) is 0.927. The Kier molecular flexibility index (Phi) is 4.67. The Balaban J connectivity index is 1.50. The van der Waals surface area contributed by atoms with E-state index >= 15 is 0 Å². The van der Waals surface area contributed by atoms with Gasteiger partial charge >= 0.3 is 0 Å². The van der Waals surface area contributed by atoms with Gasteiger partial charge in [-0.15, -0.1) is 0 Å². The number of carbonyl (C=O) groups excluding carboxylic acids is 1. The predicted octanol–water partition coefficient (Wildman–Crippen LogP) is 2.23. The first-order chi connectivity index (χ1) is 10.7. The maximum Gasteiger partial charge on any atom is 0.260 e. The first kappa shape index (κ1) is 15.3. The first-order valence-corrected chi connectivity index (χ1v) is 8.42. The van der Waals surface area contributed by atoms with Crippen LogP contribution in [0.4, 0.5) is 0 Å². The predicted molar refractivity (Wildman–Crippen MR) is 87.0 cm³/mol. The van der Waals surface area contributed by atoms with Gasteiger partial charge in [-0.05, 0) is 49.3 Å². The van der Waals surface area contributed by atoms with Crippen LogP contribution in [0.25, 0.3) is 0 Å². The molecule has 22 heavy (non-hydrogen) atoms. The van der Waals surface area contributed by atoms with Crippen LogP contribution >= 0.6 is 0 Å². The van der Waals surface area contributed by atoms with E-state index in [1.54, 1.807) is 0 Å². The molecule has 2 heterocycles. The standard InChI is InChI=1S/C18H26N2O2/c1-2-15-5-3-4-6-16(15)22-13-17(21)20-11-8-18(9-12-20)7-10-19-14-18/h3-6,19H,2,7-14H2,1H3. The second-order valence-electron chi connectivity index (χ2n) is 6.56. The van der Waals surface area contributed by atoms with Crippen molar-refractivity contribution >= 4 is 5.91 Å². The number of likely N-dealkylation sites (tertiary alicyclic amines) is 1. The molecule has 2 aliphatic rings. The van der Waals surface area contributed by atoms with Crippen molar-refractivity contribution in [3.63, 3.8) is 0 Å². The molecule has 0 unspecified atom stereocenters. The molecule has 4 heteroatoms. The molecule has 1 spiro atoms. The summed E-state index contributed by atoms with van der Waals surface area (Å²) in [6.45, 7) is 6.25. The highest BCUT2D eigenvalue weighted by molar-refractivity contribution is 5.78. The molecule has 0 atom stereocenters. The molecule has 0 aliphatic carbocycles. The zero-order valence-electron chi connectivity index (χ0n) is 13.4. The summed E-state index contributed by atoms with van der Waals surface area (Å²) >= 11 is 0. The Labute approximate surface area is 132 Å². The molecule has 0 aromatic heterocycles. The van der Waals surface area contributed by atoms with E-state index < -0.39 is 0 Å². The van der Waals surface area contributed by atoms with Crippen LogP contribution in [0, 0.1) is 5.41 Å². The third-order valence-corrected chi connectivity index (χ3v) is 5.21. The molecule has 120 valence electrons. The third kappa shape index (κ3) is 3.27. The molecule has 0 radical (unpaired) electrons. The van der Waals surface area contributed by atoms with E-state index in [1.165, 1.54) is 6.42 Å². The molecule has 2 saturated heterocycles. The van der Waals surface area contributed by atoms with Crippen molar-refractivity contribution < 1.29 is 9.53 Å². The highest BCUT2D eigenvalue weighted by atomic mass is 16.5. The summed E-state index contributed by atoms with van der Waals surface area (Å²) in [7, 11) is 0. The normalized spacial score (nSPS) is 20.3. The fraction of sp³-hybridized carbons (Fsp3) is 0.611. The second kappa shape index (κ2) is 6.69. The fourth-order valence-electron chi connectivity index (χ4n) is 3.62. The number of aryl methyl sites for hydroxylation is 1. The maximum absolute atomic E-state index is 12.4. The fourth-order valence-corrected chi connectivity index (χ4v) is 3.62. The number of amides is 1. The van der Waals surface area contributed by atoms with Crippen LogP contribution < -0.4 is 10.1 Å². The highest BCUT2D eigenvalue weighted by Crippen LogP contribution is 2.36. The van der Waals surface area contributed by atoms with E-state index in [4.69, 9.17) is 4.74 Å². The van der Waals surface area contributed by atoms with Crippen LogP contribution in [0.2, 0.25) is 0 Å².